The molecule has 3 aromatic carbocycles. The number of rotatable bonds is 9. The molecule has 0 radical (unpaired) electrons. The van der Waals surface area contributed by atoms with E-state index in [1.807, 2.05) is 44.4 Å². The summed E-state index contributed by atoms with van der Waals surface area (Å²) in [5.41, 5.74) is 2.34. The van der Waals surface area contributed by atoms with E-state index in [0.717, 1.165) is 30.0 Å². The van der Waals surface area contributed by atoms with Crippen LogP contribution < -0.4 is 9.47 Å². The lowest BCUT2D eigenvalue weighted by molar-refractivity contribution is 0.200. The highest BCUT2D eigenvalue weighted by atomic mass is 16.5. The standard InChI is InChI=1S/C23H27NO3/c1-24(2)13-15-26-20-10-7-18(8-11-20)17-22-21-6-4-3-5-19(21)9-12-23(22)27-16-14-25/h3-12,25H,13-17H2,1-2H3. The van der Waals surface area contributed by atoms with Gasteiger partial charge in [0.2, 0.25) is 0 Å². The van der Waals surface area contributed by atoms with E-state index in [1.165, 1.54) is 16.3 Å². The van der Waals surface area contributed by atoms with Gasteiger partial charge in [-0.3, -0.25) is 0 Å². The Balaban J connectivity index is 1.80. The van der Waals surface area contributed by atoms with Gasteiger partial charge in [0.1, 0.15) is 24.7 Å². The minimum Gasteiger partial charge on any atom is -0.492 e. The zero-order valence-electron chi connectivity index (χ0n) is 16.0. The molecule has 4 heteroatoms. The van der Waals surface area contributed by atoms with Crippen LogP contribution in [0.25, 0.3) is 10.8 Å². The molecule has 0 aliphatic heterocycles. The highest BCUT2D eigenvalue weighted by molar-refractivity contribution is 5.88. The Morgan fingerprint density at radius 2 is 1.63 bits per heavy atom. The zero-order chi connectivity index (χ0) is 19.1. The van der Waals surface area contributed by atoms with Crippen molar-refractivity contribution in [2.75, 3.05) is 40.5 Å². The molecular weight excluding hydrogens is 338 g/mol. The maximum atomic E-state index is 9.12. The first-order valence-corrected chi connectivity index (χ1v) is 9.28. The Kier molecular flexibility index (Phi) is 6.69. The summed E-state index contributed by atoms with van der Waals surface area (Å²) in [6.07, 6.45) is 0.764. The van der Waals surface area contributed by atoms with Crippen molar-refractivity contribution in [3.05, 3.63) is 71.8 Å². The van der Waals surface area contributed by atoms with E-state index < -0.39 is 0 Å². The number of aliphatic hydroxyl groups is 1. The molecule has 4 nitrogen and oxygen atoms in total. The Bertz CT molecular complexity index is 859. The Labute approximate surface area is 161 Å². The number of nitrogens with zero attached hydrogens (tertiary/aromatic N) is 1. The SMILES string of the molecule is CN(C)CCOc1ccc(Cc2c(OCCO)ccc3ccccc23)cc1. The zero-order valence-corrected chi connectivity index (χ0v) is 16.0. The van der Waals surface area contributed by atoms with Crippen LogP contribution in [-0.4, -0.2) is 50.5 Å². The summed E-state index contributed by atoms with van der Waals surface area (Å²) >= 11 is 0. The van der Waals surface area contributed by atoms with Crippen LogP contribution in [0.1, 0.15) is 11.1 Å². The van der Waals surface area contributed by atoms with Gasteiger partial charge in [-0.05, 0) is 48.6 Å². The first-order chi connectivity index (χ1) is 13.2. The third-order valence-electron chi connectivity index (χ3n) is 4.46. The van der Waals surface area contributed by atoms with Crippen LogP contribution in [0, 0.1) is 0 Å². The summed E-state index contributed by atoms with van der Waals surface area (Å²) < 4.78 is 11.6. The van der Waals surface area contributed by atoms with Gasteiger partial charge in [-0.2, -0.15) is 0 Å². The molecule has 0 aromatic heterocycles. The molecule has 142 valence electrons. The molecule has 0 heterocycles. The fraction of sp³-hybridized carbons (Fsp3) is 0.304. The summed E-state index contributed by atoms with van der Waals surface area (Å²) in [6, 6.07) is 20.6. The fourth-order valence-electron chi connectivity index (χ4n) is 3.04. The maximum Gasteiger partial charge on any atom is 0.123 e. The molecule has 0 atom stereocenters. The number of hydrogen-bond donors (Lipinski definition) is 1. The number of hydrogen-bond acceptors (Lipinski definition) is 4. The van der Waals surface area contributed by atoms with Gasteiger partial charge in [0, 0.05) is 18.5 Å². The molecule has 0 fully saturated rings. The normalized spacial score (nSPS) is 11.1. The molecule has 3 aromatic rings. The second-order valence-electron chi connectivity index (χ2n) is 6.81. The highest BCUT2D eigenvalue weighted by Crippen LogP contribution is 2.30. The predicted molar refractivity (Wildman–Crippen MR) is 110 cm³/mol. The Hall–Kier alpha value is -2.56. The minimum absolute atomic E-state index is 0.00521. The first-order valence-electron chi connectivity index (χ1n) is 9.28. The van der Waals surface area contributed by atoms with Crippen molar-refractivity contribution in [1.29, 1.82) is 0 Å². The summed E-state index contributed by atoms with van der Waals surface area (Å²) in [5.74, 6) is 1.71. The molecule has 0 saturated carbocycles. The fourth-order valence-corrected chi connectivity index (χ4v) is 3.04. The van der Waals surface area contributed by atoms with Crippen molar-refractivity contribution in [2.24, 2.45) is 0 Å². The van der Waals surface area contributed by atoms with Crippen LogP contribution in [0.4, 0.5) is 0 Å². The molecule has 0 amide bonds. The van der Waals surface area contributed by atoms with E-state index in [4.69, 9.17) is 14.6 Å². The molecule has 0 aliphatic rings. The van der Waals surface area contributed by atoms with Gasteiger partial charge in [-0.1, -0.05) is 42.5 Å². The van der Waals surface area contributed by atoms with Crippen LogP contribution in [-0.2, 0) is 6.42 Å². The van der Waals surface area contributed by atoms with E-state index in [1.54, 1.807) is 0 Å². The van der Waals surface area contributed by atoms with E-state index in [-0.39, 0.29) is 6.61 Å². The van der Waals surface area contributed by atoms with Gasteiger partial charge >= 0.3 is 0 Å². The van der Waals surface area contributed by atoms with Gasteiger partial charge in [0.15, 0.2) is 0 Å². The minimum atomic E-state index is 0.00521. The lowest BCUT2D eigenvalue weighted by Gasteiger charge is -2.15. The van der Waals surface area contributed by atoms with Crippen LogP contribution in [0.3, 0.4) is 0 Å². The average Bonchev–Trinajstić information content (AvgIpc) is 2.68. The molecule has 3 rings (SSSR count). The smallest absolute Gasteiger partial charge is 0.123 e. The first kappa shape index (κ1) is 19.2. The third-order valence-corrected chi connectivity index (χ3v) is 4.46. The van der Waals surface area contributed by atoms with Gasteiger partial charge < -0.3 is 19.5 Å². The van der Waals surface area contributed by atoms with Gasteiger partial charge in [0.25, 0.3) is 0 Å². The molecule has 0 unspecified atom stereocenters. The molecule has 27 heavy (non-hydrogen) atoms. The van der Waals surface area contributed by atoms with E-state index in [9.17, 15) is 0 Å². The van der Waals surface area contributed by atoms with Crippen LogP contribution >= 0.6 is 0 Å². The maximum absolute atomic E-state index is 9.12. The Morgan fingerprint density at radius 1 is 0.852 bits per heavy atom. The van der Waals surface area contributed by atoms with E-state index in [2.05, 4.69) is 35.2 Å². The molecule has 0 aliphatic carbocycles. The van der Waals surface area contributed by atoms with Gasteiger partial charge in [-0.25, -0.2) is 0 Å². The quantitative estimate of drug-likeness (QED) is 0.627. The highest BCUT2D eigenvalue weighted by Gasteiger charge is 2.10. The number of fused-ring (bicyclic) bond motifs is 1. The predicted octanol–water partition coefficient (Wildman–Crippen LogP) is 3.74. The summed E-state index contributed by atoms with van der Waals surface area (Å²) in [5, 5.41) is 11.5. The van der Waals surface area contributed by atoms with Crippen molar-refractivity contribution in [1.82, 2.24) is 4.90 Å². The molecule has 0 bridgehead atoms. The second-order valence-corrected chi connectivity index (χ2v) is 6.81. The molecular formula is C23H27NO3. The second kappa shape index (κ2) is 9.40. The number of ether oxygens (including phenoxy) is 2. The van der Waals surface area contributed by atoms with Crippen LogP contribution in [0.5, 0.6) is 11.5 Å². The Morgan fingerprint density at radius 3 is 2.37 bits per heavy atom. The summed E-state index contributed by atoms with van der Waals surface area (Å²) in [7, 11) is 4.07. The summed E-state index contributed by atoms with van der Waals surface area (Å²) in [4.78, 5) is 2.10. The number of aliphatic hydroxyl groups excluding tert-OH is 1. The number of likely N-dealkylation sites (N-methyl/N-ethyl adjacent to an activating group) is 1. The van der Waals surface area contributed by atoms with E-state index in [0.29, 0.717) is 13.2 Å². The largest absolute Gasteiger partial charge is 0.492 e. The van der Waals surface area contributed by atoms with Crippen molar-refractivity contribution < 1.29 is 14.6 Å². The summed E-state index contributed by atoms with van der Waals surface area (Å²) in [6.45, 7) is 1.87. The van der Waals surface area contributed by atoms with Gasteiger partial charge in [0.05, 0.1) is 6.61 Å². The van der Waals surface area contributed by atoms with Crippen LogP contribution in [0.15, 0.2) is 60.7 Å². The van der Waals surface area contributed by atoms with E-state index >= 15 is 0 Å². The van der Waals surface area contributed by atoms with Crippen LogP contribution in [0.2, 0.25) is 0 Å². The molecule has 0 saturated heterocycles. The molecule has 1 N–H and O–H groups in total. The monoisotopic (exact) mass is 365 g/mol. The van der Waals surface area contributed by atoms with Crippen molar-refractivity contribution in [2.45, 2.75) is 6.42 Å². The number of benzene rings is 3. The van der Waals surface area contributed by atoms with Crippen molar-refractivity contribution in [3.63, 3.8) is 0 Å². The lowest BCUT2D eigenvalue weighted by Crippen LogP contribution is -2.19. The van der Waals surface area contributed by atoms with Crippen molar-refractivity contribution >= 4 is 10.8 Å². The molecule has 0 spiro atoms. The average molecular weight is 365 g/mol. The topological polar surface area (TPSA) is 41.9 Å². The van der Waals surface area contributed by atoms with Crippen molar-refractivity contribution in [3.8, 4) is 11.5 Å². The van der Waals surface area contributed by atoms with Gasteiger partial charge in [-0.15, -0.1) is 0 Å². The third kappa shape index (κ3) is 5.22. The lowest BCUT2D eigenvalue weighted by atomic mass is 9.97.